The molecule has 0 saturated heterocycles. The zero-order valence-electron chi connectivity index (χ0n) is 53.1. The summed E-state index contributed by atoms with van der Waals surface area (Å²) in [6.45, 7) is 5.98. The normalized spacial score (nSPS) is 11.6. The summed E-state index contributed by atoms with van der Waals surface area (Å²) in [5.74, 6) is 0. The van der Waals surface area contributed by atoms with Crippen molar-refractivity contribution >= 4 is 121 Å². The third-order valence-electron chi connectivity index (χ3n) is 18.5. The van der Waals surface area contributed by atoms with Crippen LogP contribution in [0.5, 0.6) is 0 Å². The maximum absolute atomic E-state index is 7.60. The molecule has 8 aromatic carbocycles. The lowest BCUT2D eigenvalue weighted by molar-refractivity contribution is 0.530. The van der Waals surface area contributed by atoms with Gasteiger partial charge in [0.25, 0.3) is 0 Å². The molecule has 14 N–H and O–H groups in total. The van der Waals surface area contributed by atoms with Crippen LogP contribution in [0.15, 0.2) is 121 Å². The van der Waals surface area contributed by atoms with Crippen molar-refractivity contribution in [1.29, 1.82) is 0 Å². The second-order valence-corrected chi connectivity index (χ2v) is 24.9. The van der Waals surface area contributed by atoms with E-state index in [9.17, 15) is 0 Å². The predicted molar refractivity (Wildman–Crippen MR) is 387 cm³/mol. The van der Waals surface area contributed by atoms with Crippen molar-refractivity contribution in [3.05, 3.63) is 121 Å². The molecule has 8 nitrogen and oxygen atoms in total. The summed E-state index contributed by atoms with van der Waals surface area (Å²) in [5, 5.41) is 21.3. The fourth-order valence-corrected chi connectivity index (χ4v) is 13.5. The molecule has 0 saturated carbocycles. The molecule has 0 spiro atoms. The van der Waals surface area contributed by atoms with Crippen molar-refractivity contribution in [2.75, 3.05) is 58.1 Å². The summed E-state index contributed by atoms with van der Waals surface area (Å²) in [4.78, 5) is 0. The van der Waals surface area contributed by atoms with Gasteiger partial charge in [-0.3, -0.25) is 0 Å². The van der Waals surface area contributed by atoms with Crippen LogP contribution in [0.3, 0.4) is 0 Å². The van der Waals surface area contributed by atoms with Gasteiger partial charge in [0.1, 0.15) is 0 Å². The summed E-state index contributed by atoms with van der Waals surface area (Å²) in [6.07, 6.45) is 41.9. The van der Waals surface area contributed by atoms with Gasteiger partial charge in [-0.05, 0) is 66.7 Å². The Morgan fingerprint density at radius 3 is 0.616 bits per heavy atom. The second kappa shape index (κ2) is 34.9. The van der Waals surface area contributed by atoms with E-state index in [1.54, 1.807) is 0 Å². The highest BCUT2D eigenvalue weighted by molar-refractivity contribution is 6.37. The van der Waals surface area contributed by atoms with Crippen LogP contribution < -0.4 is 45.0 Å². The molecule has 0 atom stereocenters. The molecule has 0 aliphatic carbocycles. The van der Waals surface area contributed by atoms with Gasteiger partial charge < -0.3 is 45.0 Å². The molecule has 8 heteroatoms. The average Bonchev–Trinajstić information content (AvgIpc) is 1.00. The van der Waals surface area contributed by atoms with Gasteiger partial charge in [-0.2, -0.15) is 0 Å². The number of rotatable bonds is 36. The van der Waals surface area contributed by atoms with E-state index >= 15 is 0 Å². The van der Waals surface area contributed by atoms with Crippen molar-refractivity contribution in [2.24, 2.45) is 0 Å². The largest absolute Gasteiger partial charge is 0.396 e. The zero-order valence-corrected chi connectivity index (χ0v) is 53.1. The lowest BCUT2D eigenvalue weighted by Gasteiger charge is -2.22. The monoisotopic (exact) mass is 1160 g/mol. The lowest BCUT2D eigenvalue weighted by atomic mass is 9.90. The number of unbranched alkanes of at least 4 members (excludes halogenated alkanes) is 30. The summed E-state index contributed by atoms with van der Waals surface area (Å²) in [6, 6.07) is 43.5. The third kappa shape index (κ3) is 16.9. The zero-order chi connectivity index (χ0) is 60.3. The number of anilines is 8. The highest BCUT2D eigenvalue weighted by Gasteiger charge is 2.23. The SMILES string of the molecule is CCCCCCCCCCCCCCCCCCNc1c(N)c(N)c(N)c2c1c1ccccc1c1ccccc1c1ccccc1c1ccccc1c1ccccc1c1c(NCCCCCCCCCCCCCCCCCC)c(N)c(N)c(N)c12. The number of nitrogen functional groups attached to an aromatic ring is 6. The number of hydrogen-bond donors (Lipinski definition) is 8. The molecule has 0 unspecified atom stereocenters. The molecule has 0 fully saturated rings. The predicted octanol–water partition coefficient (Wildman–Crippen LogP) is 22.8. The first-order valence-corrected chi connectivity index (χ1v) is 34.2. The Morgan fingerprint density at radius 1 is 0.209 bits per heavy atom. The van der Waals surface area contributed by atoms with E-state index in [0.717, 1.165) is 102 Å². The van der Waals surface area contributed by atoms with Gasteiger partial charge in [0.05, 0.1) is 45.5 Å². The van der Waals surface area contributed by atoms with Crippen LogP contribution in [0.1, 0.15) is 219 Å². The van der Waals surface area contributed by atoms with Crippen LogP contribution >= 0.6 is 0 Å². The van der Waals surface area contributed by atoms with E-state index in [2.05, 4.69) is 146 Å². The average molecular weight is 1160 g/mol. The number of nitrogens with one attached hydrogen (secondary N) is 2. The number of benzene rings is 7. The van der Waals surface area contributed by atoms with Crippen molar-refractivity contribution in [2.45, 2.75) is 219 Å². The van der Waals surface area contributed by atoms with E-state index in [4.69, 9.17) is 34.4 Å². The molecule has 8 rings (SSSR count). The molecule has 0 radical (unpaired) electrons. The van der Waals surface area contributed by atoms with Crippen LogP contribution in [0, 0.1) is 0 Å². The molecular formula is C78H108N8. The molecule has 0 aliphatic heterocycles. The van der Waals surface area contributed by atoms with Crippen LogP contribution in [0.25, 0.3) is 75.4 Å². The molecule has 0 heterocycles. The summed E-state index contributed by atoms with van der Waals surface area (Å²) in [7, 11) is 0. The van der Waals surface area contributed by atoms with Crippen molar-refractivity contribution < 1.29 is 0 Å². The second-order valence-electron chi connectivity index (χ2n) is 24.9. The first-order chi connectivity index (χ1) is 42.3. The van der Waals surface area contributed by atoms with Gasteiger partial charge in [0, 0.05) is 34.6 Å². The maximum Gasteiger partial charge on any atom is 0.0811 e. The fraction of sp³-hybridized carbons (Fsp3) is 0.462. The number of fused-ring (bicyclic) bond motifs is 14. The van der Waals surface area contributed by atoms with Crippen LogP contribution in [0.4, 0.5) is 45.5 Å². The maximum atomic E-state index is 7.60. The fourth-order valence-electron chi connectivity index (χ4n) is 13.5. The van der Waals surface area contributed by atoms with Crippen LogP contribution in [0.2, 0.25) is 0 Å². The van der Waals surface area contributed by atoms with Crippen LogP contribution in [-0.2, 0) is 0 Å². The molecule has 460 valence electrons. The Labute approximate surface area is 517 Å². The molecule has 86 heavy (non-hydrogen) atoms. The molecule has 0 amide bonds. The van der Waals surface area contributed by atoms with Crippen molar-refractivity contribution in [3.8, 4) is 0 Å². The Kier molecular flexibility index (Phi) is 26.4. The first kappa shape index (κ1) is 64.9. The minimum absolute atomic E-state index is 0.299. The molecule has 0 aliphatic rings. The van der Waals surface area contributed by atoms with E-state index in [0.29, 0.717) is 58.0 Å². The van der Waals surface area contributed by atoms with Gasteiger partial charge in [0.2, 0.25) is 0 Å². The Hall–Kier alpha value is -7.06. The molecule has 0 aromatic heterocycles. The highest BCUT2D eigenvalue weighted by Crippen LogP contribution is 2.51. The van der Waals surface area contributed by atoms with Gasteiger partial charge in [-0.15, -0.1) is 0 Å². The van der Waals surface area contributed by atoms with Gasteiger partial charge in [-0.1, -0.05) is 328 Å². The lowest BCUT2D eigenvalue weighted by Crippen LogP contribution is -2.11. The molecule has 0 bridgehead atoms. The van der Waals surface area contributed by atoms with Crippen molar-refractivity contribution in [3.63, 3.8) is 0 Å². The van der Waals surface area contributed by atoms with E-state index in [1.165, 1.54) is 180 Å². The first-order valence-electron chi connectivity index (χ1n) is 34.2. The van der Waals surface area contributed by atoms with Crippen LogP contribution in [-0.4, -0.2) is 13.1 Å². The smallest absolute Gasteiger partial charge is 0.0811 e. The highest BCUT2D eigenvalue weighted by atomic mass is 14.9. The quantitative estimate of drug-likeness (QED) is 0.0141. The number of nitrogens with two attached hydrogens (primary N) is 6. The summed E-state index contributed by atoms with van der Waals surface area (Å²) >= 11 is 0. The van der Waals surface area contributed by atoms with Crippen molar-refractivity contribution in [1.82, 2.24) is 0 Å². The summed E-state index contributed by atoms with van der Waals surface area (Å²) in [5.41, 5.74) is 48.0. The standard InChI is InChI=1S/C78H108N8/c1-3-5-7-9-11-13-15-17-19-21-23-25-27-29-31-43-55-85-77-67-65-53-41-39-51-63(65)61-49-37-35-47-59(61)57-45-33-34-46-58(57)60-48-36-38-50-62(60)64-52-40-42-54-66(64)68-70(69(67)71(79)73(81)75(77)83)72(80)74(82)76(84)78(68)86-56-44-32-30-28-26-24-22-20-18-16-14-12-10-8-6-4-2/h33-42,45-54,85-86H,3-32,43-44,55-56,79-84H2,1-2H3. The summed E-state index contributed by atoms with van der Waals surface area (Å²) < 4.78 is 0. The van der Waals surface area contributed by atoms with Gasteiger partial charge >= 0.3 is 0 Å². The van der Waals surface area contributed by atoms with Gasteiger partial charge in [-0.25, -0.2) is 0 Å². The number of hydrogen-bond acceptors (Lipinski definition) is 8. The third-order valence-corrected chi connectivity index (χ3v) is 18.5. The topological polar surface area (TPSA) is 180 Å². The van der Waals surface area contributed by atoms with Gasteiger partial charge in [0.15, 0.2) is 0 Å². The minimum atomic E-state index is 0.299. The molecule has 8 aromatic rings. The Balaban J connectivity index is 1.20. The minimum Gasteiger partial charge on any atom is -0.396 e. The van der Waals surface area contributed by atoms with E-state index in [1.807, 2.05) is 0 Å². The van der Waals surface area contributed by atoms with E-state index in [-0.39, 0.29) is 0 Å². The van der Waals surface area contributed by atoms with E-state index < -0.39 is 0 Å². The molecular weight excluding hydrogens is 1050 g/mol. The Morgan fingerprint density at radius 2 is 0.395 bits per heavy atom. The Bertz CT molecular complexity index is 3350.